The third-order valence-corrected chi connectivity index (χ3v) is 4.37. The lowest BCUT2D eigenvalue weighted by Crippen LogP contribution is -2.15. The van der Waals surface area contributed by atoms with Crippen LogP contribution in [0.25, 0.3) is 0 Å². The maximum Gasteiger partial charge on any atom is 0.258 e. The smallest absolute Gasteiger partial charge is 0.258 e. The molecule has 1 amide bonds. The van der Waals surface area contributed by atoms with Crippen LogP contribution in [-0.2, 0) is 5.75 Å². The van der Waals surface area contributed by atoms with E-state index in [4.69, 9.17) is 4.52 Å². The molecule has 0 atom stereocenters. The molecule has 0 aliphatic carbocycles. The fourth-order valence-electron chi connectivity index (χ4n) is 2.12. The summed E-state index contributed by atoms with van der Waals surface area (Å²) in [5.41, 5.74) is 0.388. The highest BCUT2D eigenvalue weighted by molar-refractivity contribution is 7.98. The average molecular weight is 379 g/mol. The molecule has 0 bridgehead atoms. The van der Waals surface area contributed by atoms with E-state index >= 15 is 0 Å². The Morgan fingerprint density at radius 1 is 1.23 bits per heavy atom. The van der Waals surface area contributed by atoms with Crippen LogP contribution in [0.2, 0.25) is 0 Å². The van der Waals surface area contributed by atoms with Gasteiger partial charge in [0.15, 0.2) is 17.5 Å². The van der Waals surface area contributed by atoms with Crippen LogP contribution in [-0.4, -0.2) is 16.0 Å². The van der Waals surface area contributed by atoms with E-state index in [1.54, 1.807) is 19.1 Å². The zero-order chi connectivity index (χ0) is 18.7. The standard InChI is InChI=1S/C17H12F3N3O2S/c1-9-7-10(23-25-9)8-26-17-11(3-2-6-21-17)16(24)22-13-5-4-12(18)14(19)15(13)20/h2-7H,8H2,1H3,(H,22,24). The van der Waals surface area contributed by atoms with Gasteiger partial charge in [-0.15, -0.1) is 0 Å². The predicted octanol–water partition coefficient (Wildman–Crippen LogP) is 4.34. The number of aromatic nitrogens is 2. The zero-order valence-electron chi connectivity index (χ0n) is 13.4. The van der Waals surface area contributed by atoms with Crippen molar-refractivity contribution in [3.63, 3.8) is 0 Å². The molecule has 1 aromatic carbocycles. The Morgan fingerprint density at radius 2 is 2.04 bits per heavy atom. The minimum atomic E-state index is -1.65. The Hall–Kier alpha value is -2.81. The fraction of sp³-hybridized carbons (Fsp3) is 0.118. The number of rotatable bonds is 5. The molecule has 1 N–H and O–H groups in total. The Balaban J connectivity index is 1.78. The SMILES string of the molecule is Cc1cc(CSc2ncccc2C(=O)Nc2ccc(F)c(F)c2F)no1. The number of halogens is 3. The van der Waals surface area contributed by atoms with Gasteiger partial charge >= 0.3 is 0 Å². The van der Waals surface area contributed by atoms with Crippen molar-refractivity contribution in [2.45, 2.75) is 17.7 Å². The van der Waals surface area contributed by atoms with Gasteiger partial charge in [-0.3, -0.25) is 4.79 Å². The van der Waals surface area contributed by atoms with E-state index in [1.165, 1.54) is 24.0 Å². The summed E-state index contributed by atoms with van der Waals surface area (Å²) < 4.78 is 45.0. The summed E-state index contributed by atoms with van der Waals surface area (Å²) in [6.45, 7) is 1.76. The number of benzene rings is 1. The molecule has 0 aliphatic heterocycles. The van der Waals surface area contributed by atoms with E-state index in [2.05, 4.69) is 15.5 Å². The minimum absolute atomic E-state index is 0.168. The first kappa shape index (κ1) is 18.0. The van der Waals surface area contributed by atoms with Crippen molar-refractivity contribution < 1.29 is 22.5 Å². The van der Waals surface area contributed by atoms with Crippen molar-refractivity contribution in [2.75, 3.05) is 5.32 Å². The molecule has 0 radical (unpaired) electrons. The van der Waals surface area contributed by atoms with Crippen molar-refractivity contribution in [3.05, 3.63) is 71.0 Å². The molecule has 0 saturated heterocycles. The second-order valence-electron chi connectivity index (χ2n) is 5.25. The van der Waals surface area contributed by atoms with Gasteiger partial charge in [0.1, 0.15) is 10.8 Å². The van der Waals surface area contributed by atoms with Crippen molar-refractivity contribution in [2.24, 2.45) is 0 Å². The highest BCUT2D eigenvalue weighted by atomic mass is 32.2. The minimum Gasteiger partial charge on any atom is -0.361 e. The molecule has 26 heavy (non-hydrogen) atoms. The normalized spacial score (nSPS) is 10.8. The number of carbonyl (C=O) groups is 1. The number of anilines is 1. The molecule has 0 aliphatic rings. The number of nitrogens with zero attached hydrogens (tertiary/aromatic N) is 2. The van der Waals surface area contributed by atoms with E-state index in [-0.39, 0.29) is 5.56 Å². The van der Waals surface area contributed by atoms with Gasteiger partial charge in [-0.25, -0.2) is 18.2 Å². The quantitative estimate of drug-likeness (QED) is 0.528. The van der Waals surface area contributed by atoms with Crippen LogP contribution in [0.1, 0.15) is 21.8 Å². The van der Waals surface area contributed by atoms with Crippen molar-refractivity contribution >= 4 is 23.4 Å². The summed E-state index contributed by atoms with van der Waals surface area (Å²) in [5.74, 6) is -4.07. The Kier molecular flexibility index (Phi) is 5.27. The number of amides is 1. The number of carbonyl (C=O) groups excluding carboxylic acids is 1. The highest BCUT2D eigenvalue weighted by Gasteiger charge is 2.18. The molecule has 9 heteroatoms. The maximum atomic E-state index is 13.7. The first-order chi connectivity index (χ1) is 12.5. The van der Waals surface area contributed by atoms with Crippen molar-refractivity contribution in [1.29, 1.82) is 0 Å². The number of hydrogen-bond acceptors (Lipinski definition) is 5. The Bertz CT molecular complexity index is 962. The molecule has 0 spiro atoms. The zero-order valence-corrected chi connectivity index (χ0v) is 14.2. The summed E-state index contributed by atoms with van der Waals surface area (Å²) in [5, 5.41) is 6.46. The van der Waals surface area contributed by atoms with E-state index in [9.17, 15) is 18.0 Å². The topological polar surface area (TPSA) is 68.0 Å². The predicted molar refractivity (Wildman–Crippen MR) is 89.3 cm³/mol. The second kappa shape index (κ2) is 7.61. The van der Waals surface area contributed by atoms with Gasteiger partial charge in [0.05, 0.1) is 16.9 Å². The molecule has 2 heterocycles. The van der Waals surface area contributed by atoms with Crippen molar-refractivity contribution in [3.8, 4) is 0 Å². The van der Waals surface area contributed by atoms with Gasteiger partial charge in [-0.1, -0.05) is 16.9 Å². The van der Waals surface area contributed by atoms with Crippen LogP contribution < -0.4 is 5.32 Å². The number of thioether (sulfide) groups is 1. The summed E-state index contributed by atoms with van der Waals surface area (Å²) in [6, 6.07) is 6.48. The van der Waals surface area contributed by atoms with Gasteiger partial charge in [0.2, 0.25) is 0 Å². The largest absolute Gasteiger partial charge is 0.361 e. The lowest BCUT2D eigenvalue weighted by atomic mass is 10.2. The third-order valence-electron chi connectivity index (χ3n) is 3.33. The monoisotopic (exact) mass is 379 g/mol. The molecular formula is C17H12F3N3O2S. The van der Waals surface area contributed by atoms with Crippen LogP contribution >= 0.6 is 11.8 Å². The van der Waals surface area contributed by atoms with Gasteiger partial charge in [0, 0.05) is 18.0 Å². The fourth-order valence-corrected chi connectivity index (χ4v) is 2.99. The summed E-state index contributed by atoms with van der Waals surface area (Å²) in [4.78, 5) is 16.6. The summed E-state index contributed by atoms with van der Waals surface area (Å²) >= 11 is 1.24. The van der Waals surface area contributed by atoms with Crippen LogP contribution in [0, 0.1) is 24.4 Å². The second-order valence-corrected chi connectivity index (χ2v) is 6.21. The molecule has 0 saturated carbocycles. The number of nitrogens with one attached hydrogen (secondary N) is 1. The Labute approximate surface area is 150 Å². The van der Waals surface area contributed by atoms with E-state index in [1.807, 2.05) is 0 Å². The Morgan fingerprint density at radius 3 is 2.77 bits per heavy atom. The van der Waals surface area contributed by atoms with Gasteiger partial charge in [-0.05, 0) is 31.2 Å². The van der Waals surface area contributed by atoms with Crippen molar-refractivity contribution in [1.82, 2.24) is 10.1 Å². The summed E-state index contributed by atoms with van der Waals surface area (Å²) in [6.07, 6.45) is 1.51. The van der Waals surface area contributed by atoms with Crippen LogP contribution in [0.15, 0.2) is 46.1 Å². The van der Waals surface area contributed by atoms with Crippen LogP contribution in [0.4, 0.5) is 18.9 Å². The molecule has 3 aromatic rings. The molecule has 0 fully saturated rings. The number of pyridine rings is 1. The highest BCUT2D eigenvalue weighted by Crippen LogP contribution is 2.26. The average Bonchev–Trinajstić information content (AvgIpc) is 3.06. The molecule has 0 unspecified atom stereocenters. The molecule has 3 rings (SSSR count). The van der Waals surface area contributed by atoms with Crippen LogP contribution in [0.5, 0.6) is 0 Å². The molecular weight excluding hydrogens is 367 g/mol. The van der Waals surface area contributed by atoms with Gasteiger partial charge in [0.25, 0.3) is 5.91 Å². The maximum absolute atomic E-state index is 13.7. The number of aryl methyl sites for hydroxylation is 1. The van der Waals surface area contributed by atoms with Crippen LogP contribution in [0.3, 0.4) is 0 Å². The lowest BCUT2D eigenvalue weighted by molar-refractivity contribution is 0.102. The van der Waals surface area contributed by atoms with Gasteiger partial charge < -0.3 is 9.84 Å². The molecule has 2 aromatic heterocycles. The summed E-state index contributed by atoms with van der Waals surface area (Å²) in [7, 11) is 0. The van der Waals surface area contributed by atoms with E-state index < -0.39 is 29.0 Å². The molecule has 134 valence electrons. The lowest BCUT2D eigenvalue weighted by Gasteiger charge is -2.10. The first-order valence-electron chi connectivity index (χ1n) is 7.40. The van der Waals surface area contributed by atoms with E-state index in [0.29, 0.717) is 22.2 Å². The van der Waals surface area contributed by atoms with E-state index in [0.717, 1.165) is 12.1 Å². The first-order valence-corrected chi connectivity index (χ1v) is 8.39. The van der Waals surface area contributed by atoms with Gasteiger partial charge in [-0.2, -0.15) is 0 Å². The molecule has 5 nitrogen and oxygen atoms in total. The number of hydrogen-bond donors (Lipinski definition) is 1. The third kappa shape index (κ3) is 3.88.